The second kappa shape index (κ2) is 3.06. The number of methoxy groups -OCH3 is 1. The summed E-state index contributed by atoms with van der Waals surface area (Å²) in [4.78, 5) is 10.9. The Bertz CT molecular complexity index is 329. The Morgan fingerprint density at radius 3 is 2.64 bits per heavy atom. The number of nitrogens with one attached hydrogen (secondary N) is 2. The second-order valence-corrected chi connectivity index (χ2v) is 2.55. The molecule has 0 aliphatic heterocycles. The van der Waals surface area contributed by atoms with Crippen molar-refractivity contribution in [1.82, 2.24) is 10.2 Å². The summed E-state index contributed by atoms with van der Waals surface area (Å²) in [5.41, 5.74) is 0.171. The highest BCUT2D eigenvalue weighted by atomic mass is 35.5. The minimum Gasteiger partial charge on any atom is -0.465 e. The lowest BCUT2D eigenvalue weighted by Crippen LogP contribution is -2.00. The maximum Gasteiger partial charge on any atom is 0.344 e. The predicted octanol–water partition coefficient (Wildman–Crippen LogP) is 1.51. The van der Waals surface area contributed by atoms with Crippen LogP contribution in [0.25, 0.3) is 0 Å². The Labute approximate surface area is 72.5 Å². The van der Waals surface area contributed by atoms with Crippen LogP contribution >= 0.6 is 23.8 Å². The summed E-state index contributed by atoms with van der Waals surface area (Å²) in [5, 5.41) is 5.17. The average Bonchev–Trinajstić information content (AvgIpc) is 2.30. The van der Waals surface area contributed by atoms with Crippen molar-refractivity contribution >= 4 is 29.8 Å². The molecule has 0 aliphatic carbocycles. The van der Waals surface area contributed by atoms with E-state index in [2.05, 4.69) is 14.9 Å². The molecule has 0 spiro atoms. The van der Waals surface area contributed by atoms with Gasteiger partial charge in [0.1, 0.15) is 15.4 Å². The summed E-state index contributed by atoms with van der Waals surface area (Å²) in [6.45, 7) is 0. The highest BCUT2D eigenvalue weighted by Gasteiger charge is 2.13. The summed E-state index contributed by atoms with van der Waals surface area (Å²) in [5.74, 6) is -0.544. The molecule has 0 fully saturated rings. The van der Waals surface area contributed by atoms with Crippen LogP contribution in [0.2, 0.25) is 5.15 Å². The molecular weight excluding hydrogens is 188 g/mol. The fraction of sp³-hybridized carbons (Fsp3) is 0.200. The average molecular weight is 193 g/mol. The summed E-state index contributed by atoms with van der Waals surface area (Å²) in [6.07, 6.45) is 0. The zero-order valence-electron chi connectivity index (χ0n) is 5.60. The maximum atomic E-state index is 10.9. The lowest BCUT2D eigenvalue weighted by Gasteiger charge is -1.92. The van der Waals surface area contributed by atoms with Crippen LogP contribution in [0.15, 0.2) is 0 Å². The van der Waals surface area contributed by atoms with Crippen molar-refractivity contribution in [3.63, 3.8) is 0 Å². The standard InChI is InChI=1S/C5H5ClN2O2S/c1-10-5(9)2-3(6)7-8-4(2)11/h1H3,(H2,7,8,11). The largest absolute Gasteiger partial charge is 0.465 e. The maximum absolute atomic E-state index is 10.9. The first-order valence-corrected chi connectivity index (χ1v) is 3.50. The third kappa shape index (κ3) is 1.44. The van der Waals surface area contributed by atoms with Gasteiger partial charge in [0.15, 0.2) is 0 Å². The van der Waals surface area contributed by atoms with Gasteiger partial charge in [-0.3, -0.25) is 10.2 Å². The van der Waals surface area contributed by atoms with Crippen LogP contribution in [-0.4, -0.2) is 23.3 Å². The summed E-state index contributed by atoms with van der Waals surface area (Å²) in [7, 11) is 1.26. The molecule has 1 heterocycles. The van der Waals surface area contributed by atoms with Crippen LogP contribution in [0.5, 0.6) is 0 Å². The van der Waals surface area contributed by atoms with E-state index in [4.69, 9.17) is 23.8 Å². The van der Waals surface area contributed by atoms with Gasteiger partial charge >= 0.3 is 5.97 Å². The van der Waals surface area contributed by atoms with Gasteiger partial charge in [0.25, 0.3) is 0 Å². The van der Waals surface area contributed by atoms with Crippen LogP contribution in [-0.2, 0) is 4.74 Å². The van der Waals surface area contributed by atoms with Gasteiger partial charge in [-0.2, -0.15) is 0 Å². The van der Waals surface area contributed by atoms with Crippen LogP contribution in [0.3, 0.4) is 0 Å². The molecule has 0 saturated heterocycles. The Morgan fingerprint density at radius 2 is 2.27 bits per heavy atom. The number of aromatic amines is 2. The lowest BCUT2D eigenvalue weighted by molar-refractivity contribution is 0.0600. The van der Waals surface area contributed by atoms with Crippen LogP contribution in [0.4, 0.5) is 0 Å². The smallest absolute Gasteiger partial charge is 0.344 e. The van der Waals surface area contributed by atoms with Crippen molar-refractivity contribution in [3.05, 3.63) is 15.4 Å². The molecule has 0 unspecified atom stereocenters. The molecule has 11 heavy (non-hydrogen) atoms. The van der Waals surface area contributed by atoms with Crippen LogP contribution < -0.4 is 0 Å². The topological polar surface area (TPSA) is 57.9 Å². The number of halogens is 1. The van der Waals surface area contributed by atoms with E-state index in [1.165, 1.54) is 7.11 Å². The highest BCUT2D eigenvalue weighted by Crippen LogP contribution is 2.13. The highest BCUT2D eigenvalue weighted by molar-refractivity contribution is 7.71. The molecule has 1 aromatic rings. The van der Waals surface area contributed by atoms with E-state index >= 15 is 0 Å². The van der Waals surface area contributed by atoms with Crippen LogP contribution in [0.1, 0.15) is 10.4 Å². The lowest BCUT2D eigenvalue weighted by atomic mass is 10.4. The molecule has 1 rings (SSSR count). The Morgan fingerprint density at radius 1 is 1.64 bits per heavy atom. The third-order valence-corrected chi connectivity index (χ3v) is 1.71. The van der Waals surface area contributed by atoms with E-state index in [1.54, 1.807) is 0 Å². The number of aromatic nitrogens is 2. The fourth-order valence-corrected chi connectivity index (χ4v) is 1.13. The van der Waals surface area contributed by atoms with Gasteiger partial charge < -0.3 is 4.74 Å². The van der Waals surface area contributed by atoms with Crippen molar-refractivity contribution in [2.75, 3.05) is 7.11 Å². The quantitative estimate of drug-likeness (QED) is 0.524. The summed E-state index contributed by atoms with van der Waals surface area (Å²) in [6, 6.07) is 0. The number of esters is 1. The zero-order chi connectivity index (χ0) is 8.43. The number of H-pyrrole nitrogens is 2. The molecule has 6 heteroatoms. The predicted molar refractivity (Wildman–Crippen MR) is 42.3 cm³/mol. The van der Waals surface area contributed by atoms with Crippen molar-refractivity contribution in [2.45, 2.75) is 0 Å². The fourth-order valence-electron chi connectivity index (χ4n) is 0.621. The first-order chi connectivity index (χ1) is 5.16. The number of hydrogen-bond donors (Lipinski definition) is 2. The molecule has 0 atom stereocenters. The van der Waals surface area contributed by atoms with Gasteiger partial charge in [0, 0.05) is 0 Å². The minimum atomic E-state index is -0.544. The van der Waals surface area contributed by atoms with Gasteiger partial charge in [-0.25, -0.2) is 4.79 Å². The minimum absolute atomic E-state index is 0.168. The molecular formula is C5H5ClN2O2S. The first-order valence-electron chi connectivity index (χ1n) is 2.71. The van der Waals surface area contributed by atoms with Crippen LogP contribution in [0, 0.1) is 4.64 Å². The number of rotatable bonds is 1. The monoisotopic (exact) mass is 192 g/mol. The molecule has 0 amide bonds. The Balaban J connectivity index is 3.21. The van der Waals surface area contributed by atoms with Crippen molar-refractivity contribution < 1.29 is 9.53 Å². The van der Waals surface area contributed by atoms with E-state index in [-0.39, 0.29) is 15.4 Å². The number of hydrogen-bond acceptors (Lipinski definition) is 3. The van der Waals surface area contributed by atoms with Gasteiger partial charge in [0.2, 0.25) is 0 Å². The van der Waals surface area contributed by atoms with Gasteiger partial charge in [0.05, 0.1) is 7.11 Å². The summed E-state index contributed by atoms with van der Waals surface area (Å²) >= 11 is 10.3. The van der Waals surface area contributed by atoms with E-state index < -0.39 is 5.97 Å². The van der Waals surface area contributed by atoms with E-state index in [1.807, 2.05) is 0 Å². The first kappa shape index (κ1) is 8.29. The van der Waals surface area contributed by atoms with Gasteiger partial charge in [-0.1, -0.05) is 23.8 Å². The number of carbonyl (C=O) groups is 1. The number of ether oxygens (including phenoxy) is 1. The van der Waals surface area contributed by atoms with Crippen molar-refractivity contribution in [2.24, 2.45) is 0 Å². The number of carbonyl (C=O) groups excluding carboxylic acids is 1. The molecule has 0 saturated carbocycles. The van der Waals surface area contributed by atoms with E-state index in [0.717, 1.165) is 0 Å². The molecule has 4 nitrogen and oxygen atoms in total. The molecule has 0 aliphatic rings. The molecule has 0 radical (unpaired) electrons. The van der Waals surface area contributed by atoms with Crippen molar-refractivity contribution in [1.29, 1.82) is 0 Å². The summed E-state index contributed by atoms with van der Waals surface area (Å²) < 4.78 is 4.68. The zero-order valence-corrected chi connectivity index (χ0v) is 7.18. The molecule has 60 valence electrons. The molecule has 0 bridgehead atoms. The van der Waals surface area contributed by atoms with Gasteiger partial charge in [-0.05, 0) is 0 Å². The Hall–Kier alpha value is -0.810. The van der Waals surface area contributed by atoms with E-state index in [9.17, 15) is 4.79 Å². The normalized spacial score (nSPS) is 9.64. The Kier molecular flexibility index (Phi) is 2.31. The SMILES string of the molecule is COC(=O)c1c(Cl)[nH][nH]c1=S. The third-order valence-electron chi connectivity index (χ3n) is 1.12. The second-order valence-electron chi connectivity index (χ2n) is 1.76. The molecule has 2 N–H and O–H groups in total. The van der Waals surface area contributed by atoms with Crippen molar-refractivity contribution in [3.8, 4) is 0 Å². The molecule has 1 aromatic heterocycles. The van der Waals surface area contributed by atoms with Gasteiger partial charge in [-0.15, -0.1) is 0 Å². The van der Waals surface area contributed by atoms with E-state index in [0.29, 0.717) is 0 Å². The molecule has 0 aromatic carbocycles.